The van der Waals surface area contributed by atoms with E-state index in [2.05, 4.69) is 25.5 Å². The van der Waals surface area contributed by atoms with Gasteiger partial charge in [-0.25, -0.2) is 14.8 Å². The number of carbonyl (C=O) groups is 1. The minimum Gasteiger partial charge on any atom is -0.478 e. The van der Waals surface area contributed by atoms with Gasteiger partial charge in [0.1, 0.15) is 18.0 Å². The molecule has 1 aromatic heterocycles. The third-order valence-corrected chi connectivity index (χ3v) is 2.95. The first-order valence-corrected chi connectivity index (χ1v) is 6.86. The number of nitrogens with one attached hydrogen (secondary N) is 2. The van der Waals surface area contributed by atoms with Crippen molar-refractivity contribution in [3.8, 4) is 0 Å². The summed E-state index contributed by atoms with van der Waals surface area (Å²) in [6.45, 7) is 1.64. The SMILES string of the molecule is CN(C)CCNc1cc(Nc2ccccc2C(=O)O)ncn1. The van der Waals surface area contributed by atoms with Crippen molar-refractivity contribution in [2.75, 3.05) is 37.8 Å². The van der Waals surface area contributed by atoms with E-state index in [1.807, 2.05) is 14.1 Å². The molecule has 0 aliphatic heterocycles. The maximum atomic E-state index is 11.2. The molecule has 116 valence electrons. The van der Waals surface area contributed by atoms with Crippen LogP contribution in [-0.2, 0) is 0 Å². The molecule has 0 radical (unpaired) electrons. The van der Waals surface area contributed by atoms with E-state index in [1.165, 1.54) is 6.33 Å². The second-order valence-electron chi connectivity index (χ2n) is 4.99. The van der Waals surface area contributed by atoms with E-state index in [-0.39, 0.29) is 5.56 Å². The van der Waals surface area contributed by atoms with E-state index >= 15 is 0 Å². The van der Waals surface area contributed by atoms with Gasteiger partial charge in [0.15, 0.2) is 0 Å². The van der Waals surface area contributed by atoms with Crippen molar-refractivity contribution < 1.29 is 9.90 Å². The molecule has 0 spiro atoms. The molecule has 22 heavy (non-hydrogen) atoms. The van der Waals surface area contributed by atoms with Gasteiger partial charge in [-0.2, -0.15) is 0 Å². The van der Waals surface area contributed by atoms with Crippen LogP contribution in [-0.4, -0.2) is 53.1 Å². The van der Waals surface area contributed by atoms with E-state index in [1.54, 1.807) is 30.3 Å². The number of nitrogens with zero attached hydrogens (tertiary/aromatic N) is 3. The lowest BCUT2D eigenvalue weighted by Crippen LogP contribution is -2.21. The molecule has 0 aliphatic rings. The molecular formula is C15H19N5O2. The summed E-state index contributed by atoms with van der Waals surface area (Å²) in [4.78, 5) is 21.5. The largest absolute Gasteiger partial charge is 0.478 e. The minimum absolute atomic E-state index is 0.197. The Kier molecular flexibility index (Phi) is 5.26. The molecule has 7 heteroatoms. The maximum Gasteiger partial charge on any atom is 0.337 e. The van der Waals surface area contributed by atoms with Gasteiger partial charge < -0.3 is 20.6 Å². The lowest BCUT2D eigenvalue weighted by Gasteiger charge is -2.12. The zero-order valence-electron chi connectivity index (χ0n) is 12.6. The number of carboxylic acid groups (broad SMARTS) is 1. The topological polar surface area (TPSA) is 90.4 Å². The van der Waals surface area contributed by atoms with Crippen LogP contribution in [0, 0.1) is 0 Å². The average Bonchev–Trinajstić information content (AvgIpc) is 2.47. The van der Waals surface area contributed by atoms with Gasteiger partial charge in [0.05, 0.1) is 11.3 Å². The summed E-state index contributed by atoms with van der Waals surface area (Å²) in [5.41, 5.74) is 0.691. The summed E-state index contributed by atoms with van der Waals surface area (Å²) in [5.74, 6) is 0.240. The first kappa shape index (κ1) is 15.7. The van der Waals surface area contributed by atoms with Gasteiger partial charge in [-0.3, -0.25) is 0 Å². The molecular weight excluding hydrogens is 282 g/mol. The smallest absolute Gasteiger partial charge is 0.337 e. The van der Waals surface area contributed by atoms with Crippen LogP contribution in [0.4, 0.5) is 17.3 Å². The minimum atomic E-state index is -0.985. The Hall–Kier alpha value is -2.67. The van der Waals surface area contributed by atoms with Crippen LogP contribution >= 0.6 is 0 Å². The van der Waals surface area contributed by atoms with Gasteiger partial charge in [0.25, 0.3) is 0 Å². The Morgan fingerprint density at radius 3 is 2.68 bits per heavy atom. The van der Waals surface area contributed by atoms with Gasteiger partial charge in [-0.1, -0.05) is 12.1 Å². The number of aromatic nitrogens is 2. The number of para-hydroxylation sites is 1. The summed E-state index contributed by atoms with van der Waals surface area (Å²) in [5, 5.41) is 15.4. The lowest BCUT2D eigenvalue weighted by atomic mass is 10.2. The molecule has 2 rings (SSSR count). The second-order valence-corrected chi connectivity index (χ2v) is 4.99. The molecule has 0 saturated carbocycles. The molecule has 0 aliphatic carbocycles. The first-order chi connectivity index (χ1) is 10.6. The number of benzene rings is 1. The van der Waals surface area contributed by atoms with Gasteiger partial charge in [-0.05, 0) is 26.2 Å². The first-order valence-electron chi connectivity index (χ1n) is 6.86. The van der Waals surface area contributed by atoms with Crippen molar-refractivity contribution in [3.63, 3.8) is 0 Å². The highest BCUT2D eigenvalue weighted by molar-refractivity contribution is 5.95. The molecule has 1 aromatic carbocycles. The molecule has 0 amide bonds. The maximum absolute atomic E-state index is 11.2. The van der Waals surface area contributed by atoms with Crippen LogP contribution in [0.2, 0.25) is 0 Å². The van der Waals surface area contributed by atoms with Crippen LogP contribution < -0.4 is 10.6 Å². The number of hydrogen-bond donors (Lipinski definition) is 3. The van der Waals surface area contributed by atoms with Crippen molar-refractivity contribution in [1.82, 2.24) is 14.9 Å². The summed E-state index contributed by atoms with van der Waals surface area (Å²) < 4.78 is 0. The lowest BCUT2D eigenvalue weighted by molar-refractivity contribution is 0.0698. The Balaban J connectivity index is 2.09. The number of hydrogen-bond acceptors (Lipinski definition) is 6. The van der Waals surface area contributed by atoms with Crippen molar-refractivity contribution >= 4 is 23.3 Å². The predicted molar refractivity (Wildman–Crippen MR) is 85.8 cm³/mol. The van der Waals surface area contributed by atoms with Crippen molar-refractivity contribution in [1.29, 1.82) is 0 Å². The van der Waals surface area contributed by atoms with Gasteiger partial charge in [-0.15, -0.1) is 0 Å². The molecule has 3 N–H and O–H groups in total. The highest BCUT2D eigenvalue weighted by atomic mass is 16.4. The summed E-state index contributed by atoms with van der Waals surface area (Å²) in [7, 11) is 3.99. The average molecular weight is 301 g/mol. The normalized spacial score (nSPS) is 10.5. The van der Waals surface area contributed by atoms with Crippen LogP contribution in [0.5, 0.6) is 0 Å². The summed E-state index contributed by atoms with van der Waals surface area (Å²) >= 11 is 0. The second kappa shape index (κ2) is 7.37. The Morgan fingerprint density at radius 1 is 1.23 bits per heavy atom. The molecule has 0 atom stereocenters. The number of likely N-dealkylation sites (N-methyl/N-ethyl adjacent to an activating group) is 1. The van der Waals surface area contributed by atoms with Crippen LogP contribution in [0.1, 0.15) is 10.4 Å². The third kappa shape index (κ3) is 4.42. The van der Waals surface area contributed by atoms with E-state index in [0.717, 1.165) is 13.1 Å². The van der Waals surface area contributed by atoms with Gasteiger partial charge in [0, 0.05) is 19.2 Å². The van der Waals surface area contributed by atoms with Gasteiger partial charge >= 0.3 is 5.97 Å². The zero-order chi connectivity index (χ0) is 15.9. The quantitative estimate of drug-likeness (QED) is 0.719. The van der Waals surface area contributed by atoms with Crippen LogP contribution in [0.3, 0.4) is 0 Å². The standard InChI is InChI=1S/C15H19N5O2/c1-20(2)8-7-16-13-9-14(18-10-17-13)19-12-6-4-3-5-11(12)15(21)22/h3-6,9-10H,7-8H2,1-2H3,(H,21,22)(H2,16,17,18,19). The summed E-state index contributed by atoms with van der Waals surface area (Å²) in [6.07, 6.45) is 1.43. The molecule has 7 nitrogen and oxygen atoms in total. The Morgan fingerprint density at radius 2 is 1.95 bits per heavy atom. The van der Waals surface area contributed by atoms with Crippen molar-refractivity contribution in [2.24, 2.45) is 0 Å². The fourth-order valence-electron chi connectivity index (χ4n) is 1.85. The van der Waals surface area contributed by atoms with Crippen LogP contribution in [0.15, 0.2) is 36.7 Å². The molecule has 0 unspecified atom stereocenters. The highest BCUT2D eigenvalue weighted by Crippen LogP contribution is 2.20. The van der Waals surface area contributed by atoms with Crippen molar-refractivity contribution in [3.05, 3.63) is 42.2 Å². The van der Waals surface area contributed by atoms with E-state index in [9.17, 15) is 9.90 Å². The zero-order valence-corrected chi connectivity index (χ0v) is 12.6. The molecule has 0 fully saturated rings. The number of anilines is 3. The number of aromatic carboxylic acids is 1. The fraction of sp³-hybridized carbons (Fsp3) is 0.267. The number of rotatable bonds is 7. The summed E-state index contributed by atoms with van der Waals surface area (Å²) in [6, 6.07) is 8.44. The fourth-order valence-corrected chi connectivity index (χ4v) is 1.85. The highest BCUT2D eigenvalue weighted by Gasteiger charge is 2.09. The Bertz CT molecular complexity index is 645. The predicted octanol–water partition coefficient (Wildman–Crippen LogP) is 1.89. The van der Waals surface area contributed by atoms with E-state index < -0.39 is 5.97 Å². The monoisotopic (exact) mass is 301 g/mol. The number of carboxylic acids is 1. The van der Waals surface area contributed by atoms with Gasteiger partial charge in [0.2, 0.25) is 0 Å². The van der Waals surface area contributed by atoms with E-state index in [0.29, 0.717) is 17.3 Å². The molecule has 0 bridgehead atoms. The third-order valence-electron chi connectivity index (χ3n) is 2.95. The molecule has 0 saturated heterocycles. The Labute approximate surface area is 129 Å². The molecule has 1 heterocycles. The van der Waals surface area contributed by atoms with Crippen LogP contribution in [0.25, 0.3) is 0 Å². The van der Waals surface area contributed by atoms with Crippen molar-refractivity contribution in [2.45, 2.75) is 0 Å². The molecule has 2 aromatic rings. The van der Waals surface area contributed by atoms with E-state index in [4.69, 9.17) is 0 Å².